The molecule has 1 heterocycles. The molecule has 0 atom stereocenters. The van der Waals surface area contributed by atoms with E-state index in [1.807, 2.05) is 12.1 Å². The molecule has 3 aromatic rings. The number of nitrogens with one attached hydrogen (secondary N) is 3. The fraction of sp³-hybridized carbons (Fsp3) is 0.240. The van der Waals surface area contributed by atoms with Crippen LogP contribution in [-0.2, 0) is 10.2 Å². The third-order valence-electron chi connectivity index (χ3n) is 4.82. The van der Waals surface area contributed by atoms with Crippen LogP contribution in [0.3, 0.4) is 0 Å². The molecule has 166 valence electrons. The molecule has 0 radical (unpaired) electrons. The third kappa shape index (κ3) is 6.31. The summed E-state index contributed by atoms with van der Waals surface area (Å²) in [7, 11) is 0. The Balaban J connectivity index is 1.42. The van der Waals surface area contributed by atoms with Crippen LogP contribution in [0.4, 0.5) is 11.4 Å². The number of rotatable bonds is 7. The lowest BCUT2D eigenvalue weighted by Crippen LogP contribution is -2.27. The van der Waals surface area contributed by atoms with Crippen LogP contribution < -0.4 is 16.0 Å². The van der Waals surface area contributed by atoms with Crippen molar-refractivity contribution >= 4 is 29.1 Å². The smallest absolute Gasteiger partial charge is 0.291 e. The molecule has 7 heteroatoms. The predicted octanol–water partition coefficient (Wildman–Crippen LogP) is 4.59. The number of hydrogen-bond donors (Lipinski definition) is 3. The molecular weight excluding hydrogens is 406 g/mol. The molecule has 7 nitrogen and oxygen atoms in total. The first kappa shape index (κ1) is 22.8. The van der Waals surface area contributed by atoms with E-state index in [0.717, 1.165) is 5.56 Å². The van der Waals surface area contributed by atoms with Gasteiger partial charge in [-0.2, -0.15) is 0 Å². The van der Waals surface area contributed by atoms with Crippen LogP contribution in [0, 0.1) is 0 Å². The van der Waals surface area contributed by atoms with Crippen molar-refractivity contribution in [2.24, 2.45) is 0 Å². The van der Waals surface area contributed by atoms with Crippen molar-refractivity contribution in [3.8, 4) is 0 Å². The highest BCUT2D eigenvalue weighted by atomic mass is 16.3. The minimum Gasteiger partial charge on any atom is -0.459 e. The Labute approximate surface area is 187 Å². The maximum atomic E-state index is 12.3. The molecule has 0 unspecified atom stereocenters. The quantitative estimate of drug-likeness (QED) is 0.507. The highest BCUT2D eigenvalue weighted by molar-refractivity contribution is 6.02. The van der Waals surface area contributed by atoms with Gasteiger partial charge >= 0.3 is 0 Å². The minimum atomic E-state index is -0.351. The molecule has 0 saturated carbocycles. The van der Waals surface area contributed by atoms with E-state index in [1.165, 1.54) is 6.26 Å². The largest absolute Gasteiger partial charge is 0.459 e. The fourth-order valence-electron chi connectivity index (χ4n) is 2.97. The van der Waals surface area contributed by atoms with Crippen molar-refractivity contribution in [2.75, 3.05) is 17.2 Å². The Kier molecular flexibility index (Phi) is 7.10. The molecule has 0 fully saturated rings. The molecule has 0 saturated heterocycles. The van der Waals surface area contributed by atoms with E-state index < -0.39 is 0 Å². The molecule has 0 aliphatic carbocycles. The van der Waals surface area contributed by atoms with Gasteiger partial charge in [0.25, 0.3) is 11.8 Å². The second-order valence-electron chi connectivity index (χ2n) is 8.39. The second-order valence-corrected chi connectivity index (χ2v) is 8.39. The summed E-state index contributed by atoms with van der Waals surface area (Å²) >= 11 is 0. The van der Waals surface area contributed by atoms with Crippen LogP contribution in [0.15, 0.2) is 71.3 Å². The van der Waals surface area contributed by atoms with Gasteiger partial charge in [0.05, 0.1) is 6.26 Å². The van der Waals surface area contributed by atoms with Gasteiger partial charge in [0.2, 0.25) is 5.91 Å². The Morgan fingerprint density at radius 2 is 1.44 bits per heavy atom. The monoisotopic (exact) mass is 433 g/mol. The van der Waals surface area contributed by atoms with Crippen LogP contribution in [0.5, 0.6) is 0 Å². The van der Waals surface area contributed by atoms with Crippen molar-refractivity contribution < 1.29 is 18.8 Å². The zero-order valence-electron chi connectivity index (χ0n) is 18.4. The Morgan fingerprint density at radius 1 is 0.812 bits per heavy atom. The molecule has 3 amide bonds. The normalized spacial score (nSPS) is 11.0. The molecule has 0 spiro atoms. The number of anilines is 2. The van der Waals surface area contributed by atoms with Gasteiger partial charge in [-0.1, -0.05) is 32.9 Å². The standard InChI is InChI=1S/C25H27N3O4/c1-25(2,3)18-8-6-17(7-9-18)23(30)26-15-14-22(29)27-19-10-12-20(13-11-19)28-24(31)21-5-4-16-32-21/h4-13,16H,14-15H2,1-3H3,(H,26,30)(H,27,29)(H,28,31). The first-order chi connectivity index (χ1) is 15.2. The van der Waals surface area contributed by atoms with Gasteiger partial charge < -0.3 is 20.4 Å². The van der Waals surface area contributed by atoms with Crippen LogP contribution in [0.2, 0.25) is 0 Å². The Bertz CT molecular complexity index is 1060. The molecule has 1 aromatic heterocycles. The predicted molar refractivity (Wildman–Crippen MR) is 124 cm³/mol. The van der Waals surface area contributed by atoms with Crippen LogP contribution in [0.25, 0.3) is 0 Å². The number of benzene rings is 2. The Morgan fingerprint density at radius 3 is 2.00 bits per heavy atom. The van der Waals surface area contributed by atoms with E-state index >= 15 is 0 Å². The summed E-state index contributed by atoms with van der Waals surface area (Å²) in [4.78, 5) is 36.4. The van der Waals surface area contributed by atoms with E-state index in [0.29, 0.717) is 16.9 Å². The average Bonchev–Trinajstić information content (AvgIpc) is 3.30. The van der Waals surface area contributed by atoms with Gasteiger partial charge in [0.1, 0.15) is 0 Å². The molecule has 0 aliphatic rings. The lowest BCUT2D eigenvalue weighted by Gasteiger charge is -2.19. The number of carbonyl (C=O) groups is 3. The van der Waals surface area contributed by atoms with Crippen LogP contribution >= 0.6 is 0 Å². The van der Waals surface area contributed by atoms with E-state index in [4.69, 9.17) is 4.42 Å². The third-order valence-corrected chi connectivity index (χ3v) is 4.82. The molecule has 0 aliphatic heterocycles. The number of carbonyl (C=O) groups excluding carboxylic acids is 3. The maximum absolute atomic E-state index is 12.3. The first-order valence-corrected chi connectivity index (χ1v) is 10.4. The van der Waals surface area contributed by atoms with Crippen molar-refractivity contribution in [3.05, 3.63) is 83.8 Å². The number of furan rings is 1. The summed E-state index contributed by atoms with van der Waals surface area (Å²) in [6.07, 6.45) is 1.57. The lowest BCUT2D eigenvalue weighted by molar-refractivity contribution is -0.116. The van der Waals surface area contributed by atoms with Gasteiger partial charge in [-0.05, 0) is 59.5 Å². The lowest BCUT2D eigenvalue weighted by atomic mass is 9.87. The number of amides is 3. The van der Waals surface area contributed by atoms with E-state index in [1.54, 1.807) is 48.5 Å². The average molecular weight is 434 g/mol. The van der Waals surface area contributed by atoms with E-state index in [2.05, 4.69) is 36.7 Å². The van der Waals surface area contributed by atoms with Crippen LogP contribution in [0.1, 0.15) is 53.7 Å². The van der Waals surface area contributed by atoms with E-state index in [-0.39, 0.29) is 41.9 Å². The number of hydrogen-bond acceptors (Lipinski definition) is 4. The first-order valence-electron chi connectivity index (χ1n) is 10.4. The second kappa shape index (κ2) is 9.96. The summed E-state index contributed by atoms with van der Waals surface area (Å²) in [6.45, 7) is 6.57. The van der Waals surface area contributed by atoms with Gasteiger partial charge in [0, 0.05) is 29.9 Å². The van der Waals surface area contributed by atoms with Gasteiger partial charge in [-0.3, -0.25) is 14.4 Å². The maximum Gasteiger partial charge on any atom is 0.291 e. The fourth-order valence-corrected chi connectivity index (χ4v) is 2.97. The molecule has 3 N–H and O–H groups in total. The Hall–Kier alpha value is -3.87. The van der Waals surface area contributed by atoms with Gasteiger partial charge in [-0.25, -0.2) is 0 Å². The summed E-state index contributed by atoms with van der Waals surface area (Å²) in [5.41, 5.74) is 2.91. The molecule has 0 bridgehead atoms. The summed E-state index contributed by atoms with van der Waals surface area (Å²) < 4.78 is 5.05. The highest BCUT2D eigenvalue weighted by Crippen LogP contribution is 2.22. The highest BCUT2D eigenvalue weighted by Gasteiger charge is 2.14. The summed E-state index contributed by atoms with van der Waals surface area (Å²) in [5, 5.41) is 8.23. The van der Waals surface area contributed by atoms with Gasteiger partial charge in [0.15, 0.2) is 5.76 Å². The molecule has 3 rings (SSSR count). The minimum absolute atomic E-state index is 0.0241. The summed E-state index contributed by atoms with van der Waals surface area (Å²) in [5.74, 6) is -0.569. The molecular formula is C25H27N3O4. The van der Waals surface area contributed by atoms with Crippen molar-refractivity contribution in [1.82, 2.24) is 5.32 Å². The van der Waals surface area contributed by atoms with Gasteiger partial charge in [-0.15, -0.1) is 0 Å². The zero-order valence-corrected chi connectivity index (χ0v) is 18.4. The van der Waals surface area contributed by atoms with E-state index in [9.17, 15) is 14.4 Å². The van der Waals surface area contributed by atoms with Crippen LogP contribution in [-0.4, -0.2) is 24.3 Å². The van der Waals surface area contributed by atoms with Crippen molar-refractivity contribution in [1.29, 1.82) is 0 Å². The van der Waals surface area contributed by atoms with Crippen molar-refractivity contribution in [3.63, 3.8) is 0 Å². The SMILES string of the molecule is CC(C)(C)c1ccc(C(=O)NCCC(=O)Nc2ccc(NC(=O)c3ccco3)cc2)cc1. The zero-order chi connectivity index (χ0) is 23.1. The molecule has 32 heavy (non-hydrogen) atoms. The molecule has 2 aromatic carbocycles. The topological polar surface area (TPSA) is 100 Å². The summed E-state index contributed by atoms with van der Waals surface area (Å²) in [6, 6.07) is 17.4. The van der Waals surface area contributed by atoms with Crippen molar-refractivity contribution in [2.45, 2.75) is 32.6 Å².